The molecule has 0 atom stereocenters. The summed E-state index contributed by atoms with van der Waals surface area (Å²) in [5.74, 6) is 0. The molecule has 0 unspecified atom stereocenters. The molecule has 0 saturated carbocycles. The number of hydrogen-bond donors (Lipinski definition) is 0. The molecule has 0 N–H and O–H groups in total. The predicted molar refractivity (Wildman–Crippen MR) is 33.6 cm³/mol. The van der Waals surface area contributed by atoms with Gasteiger partial charge in [-0.2, -0.15) is 0 Å². The van der Waals surface area contributed by atoms with E-state index in [1.165, 1.54) is 0 Å². The number of hydrogen-bond acceptors (Lipinski definition) is 0. The zero-order valence-corrected chi connectivity index (χ0v) is 9.93. The summed E-state index contributed by atoms with van der Waals surface area (Å²) in [6.07, 6.45) is 0. The van der Waals surface area contributed by atoms with Crippen molar-refractivity contribution in [2.24, 2.45) is 0 Å². The zero-order chi connectivity index (χ0) is 5.86. The first-order chi connectivity index (χ1) is 3.13. The van der Waals surface area contributed by atoms with Crippen molar-refractivity contribution in [1.29, 1.82) is 0 Å². The summed E-state index contributed by atoms with van der Waals surface area (Å²) >= 11 is 0. The molecule has 0 heterocycles. The molecule has 4 heteroatoms. The molecule has 0 rings (SSSR count). The van der Waals surface area contributed by atoms with Crippen molar-refractivity contribution < 1.29 is 46.5 Å². The van der Waals surface area contributed by atoms with Crippen LogP contribution in [0.5, 0.6) is 0 Å². The third-order valence-corrected chi connectivity index (χ3v) is 0.596. The minimum absolute atomic E-state index is 0. The Kier molecular flexibility index (Phi) is 29.0. The molecule has 61 valence electrons. The predicted octanol–water partition coefficient (Wildman–Crippen LogP) is -3.82. The van der Waals surface area contributed by atoms with Gasteiger partial charge in [0.1, 0.15) is 0 Å². The summed E-state index contributed by atoms with van der Waals surface area (Å²) in [6, 6.07) is 1.000. The van der Waals surface area contributed by atoms with E-state index in [1.54, 1.807) is 0 Å². The Hall–Kier alpha value is 1.25. The van der Waals surface area contributed by atoms with Gasteiger partial charge in [0.25, 0.3) is 0 Å². The Bertz CT molecular complexity index is 45.0. The SMILES string of the molecule is CC(C)[N-]C(C)C.[Cl-].[Cl-].[Ti+3]. The maximum Gasteiger partial charge on any atom is 3.00 e. The van der Waals surface area contributed by atoms with Crippen LogP contribution in [0.25, 0.3) is 5.32 Å². The molecule has 0 saturated heterocycles. The van der Waals surface area contributed by atoms with Gasteiger partial charge < -0.3 is 30.1 Å². The molecule has 0 fully saturated rings. The topological polar surface area (TPSA) is 14.1 Å². The van der Waals surface area contributed by atoms with Crippen LogP contribution in [0.1, 0.15) is 27.7 Å². The first-order valence-corrected chi connectivity index (χ1v) is 2.83. The van der Waals surface area contributed by atoms with Crippen LogP contribution in [-0.4, -0.2) is 12.1 Å². The average Bonchev–Trinajstić information content (AvgIpc) is 1.27. The van der Waals surface area contributed by atoms with Crippen molar-refractivity contribution >= 4 is 0 Å². The Morgan fingerprint density at radius 3 is 1.00 bits per heavy atom. The Balaban J connectivity index is -0.0000000600. The normalized spacial score (nSPS) is 7.80. The third kappa shape index (κ3) is 22.8. The summed E-state index contributed by atoms with van der Waals surface area (Å²) in [4.78, 5) is 0. The van der Waals surface area contributed by atoms with Crippen LogP contribution in [0, 0.1) is 0 Å². The quantitative estimate of drug-likeness (QED) is 0.422. The van der Waals surface area contributed by atoms with E-state index in [9.17, 15) is 0 Å². The molecule has 1 radical (unpaired) electrons. The first kappa shape index (κ1) is 22.5. The second-order valence-electron chi connectivity index (χ2n) is 2.34. The molecule has 0 aliphatic carbocycles. The standard InChI is InChI=1S/C6H14N.2ClH.Ti/c1-5(2)7-6(3)4;;;/h5-6H,1-4H3;2*1H;/q-1;;;+3/p-2. The minimum atomic E-state index is 0. The average molecular weight is 219 g/mol. The van der Waals surface area contributed by atoms with Gasteiger partial charge in [0.2, 0.25) is 0 Å². The van der Waals surface area contributed by atoms with Crippen LogP contribution in [0.15, 0.2) is 0 Å². The molecule has 0 aliphatic heterocycles. The van der Waals surface area contributed by atoms with Crippen LogP contribution < -0.4 is 24.8 Å². The zero-order valence-electron chi connectivity index (χ0n) is 6.86. The van der Waals surface area contributed by atoms with Crippen LogP contribution >= 0.6 is 0 Å². The molecule has 1 nitrogen and oxygen atoms in total. The van der Waals surface area contributed by atoms with E-state index < -0.39 is 0 Å². The van der Waals surface area contributed by atoms with Crippen LogP contribution in [0.3, 0.4) is 0 Å². The van der Waals surface area contributed by atoms with Crippen molar-refractivity contribution in [2.75, 3.05) is 0 Å². The summed E-state index contributed by atoms with van der Waals surface area (Å²) in [6.45, 7) is 8.39. The molecule has 0 aromatic heterocycles. The van der Waals surface area contributed by atoms with Crippen LogP contribution in [-0.2, 0) is 21.7 Å². The minimum Gasteiger partial charge on any atom is -1.00 e. The smallest absolute Gasteiger partial charge is 1.00 e. The molecule has 0 spiro atoms. The molecular weight excluding hydrogens is 205 g/mol. The van der Waals surface area contributed by atoms with E-state index in [1.807, 2.05) is 0 Å². The largest absolute Gasteiger partial charge is 3.00 e. The molecule has 10 heavy (non-hydrogen) atoms. The number of halogens is 2. The number of rotatable bonds is 2. The fourth-order valence-electron chi connectivity index (χ4n) is 0.596. The molecule has 0 aliphatic rings. The monoisotopic (exact) mass is 218 g/mol. The van der Waals surface area contributed by atoms with Crippen LogP contribution in [0.2, 0.25) is 0 Å². The fourth-order valence-corrected chi connectivity index (χ4v) is 0.596. The summed E-state index contributed by atoms with van der Waals surface area (Å²) in [5, 5.41) is 4.28. The molecule has 0 amide bonds. The number of nitrogens with zero attached hydrogens (tertiary/aromatic N) is 1. The Labute approximate surface area is 91.4 Å². The van der Waals surface area contributed by atoms with Crippen molar-refractivity contribution in [3.8, 4) is 0 Å². The van der Waals surface area contributed by atoms with Crippen LogP contribution in [0.4, 0.5) is 0 Å². The third-order valence-electron chi connectivity index (χ3n) is 0.596. The second-order valence-corrected chi connectivity index (χ2v) is 2.34. The molecular formula is C6H14Cl2NTi. The van der Waals surface area contributed by atoms with Gasteiger partial charge >= 0.3 is 21.7 Å². The van der Waals surface area contributed by atoms with Crippen molar-refractivity contribution in [3.05, 3.63) is 5.32 Å². The Morgan fingerprint density at radius 1 is 0.800 bits per heavy atom. The molecule has 0 bridgehead atoms. The van der Waals surface area contributed by atoms with Crippen molar-refractivity contribution in [2.45, 2.75) is 39.8 Å². The van der Waals surface area contributed by atoms with Gasteiger partial charge in [0.05, 0.1) is 0 Å². The van der Waals surface area contributed by atoms with E-state index in [4.69, 9.17) is 0 Å². The van der Waals surface area contributed by atoms with Gasteiger partial charge in [-0.25, -0.2) is 0 Å². The van der Waals surface area contributed by atoms with E-state index in [0.29, 0.717) is 12.1 Å². The maximum absolute atomic E-state index is 4.28. The van der Waals surface area contributed by atoms with Gasteiger partial charge in [-0.15, -0.1) is 12.1 Å². The second kappa shape index (κ2) is 12.9. The van der Waals surface area contributed by atoms with Gasteiger partial charge in [-0.1, -0.05) is 27.7 Å². The Morgan fingerprint density at radius 2 is 1.00 bits per heavy atom. The summed E-state index contributed by atoms with van der Waals surface area (Å²) in [7, 11) is 0. The fraction of sp³-hybridized carbons (Fsp3) is 1.00. The van der Waals surface area contributed by atoms with E-state index in [2.05, 4.69) is 33.0 Å². The van der Waals surface area contributed by atoms with Gasteiger partial charge in [-0.05, 0) is 0 Å². The van der Waals surface area contributed by atoms with Crippen molar-refractivity contribution in [3.63, 3.8) is 0 Å². The van der Waals surface area contributed by atoms with Crippen molar-refractivity contribution in [1.82, 2.24) is 0 Å². The van der Waals surface area contributed by atoms with Gasteiger partial charge in [0, 0.05) is 0 Å². The maximum atomic E-state index is 4.28. The van der Waals surface area contributed by atoms with E-state index >= 15 is 0 Å². The molecule has 0 aromatic rings. The van der Waals surface area contributed by atoms with E-state index in [-0.39, 0.29) is 46.5 Å². The summed E-state index contributed by atoms with van der Waals surface area (Å²) < 4.78 is 0. The van der Waals surface area contributed by atoms with Gasteiger partial charge in [-0.3, -0.25) is 0 Å². The molecule has 0 aromatic carbocycles. The first-order valence-electron chi connectivity index (χ1n) is 2.83. The van der Waals surface area contributed by atoms with Gasteiger partial charge in [0.15, 0.2) is 0 Å². The summed E-state index contributed by atoms with van der Waals surface area (Å²) in [5.41, 5.74) is 0. The van der Waals surface area contributed by atoms with E-state index in [0.717, 1.165) is 0 Å².